The molecule has 0 bridgehead atoms. The van der Waals surface area contributed by atoms with Crippen molar-refractivity contribution in [2.75, 3.05) is 26.2 Å². The summed E-state index contributed by atoms with van der Waals surface area (Å²) in [4.78, 5) is 26.1. The van der Waals surface area contributed by atoms with Gasteiger partial charge in [-0.2, -0.15) is 0 Å². The van der Waals surface area contributed by atoms with E-state index in [1.165, 1.54) is 40.3 Å². The minimum absolute atomic E-state index is 0.00375. The Morgan fingerprint density at radius 3 is 2.36 bits per heavy atom. The highest BCUT2D eigenvalue weighted by molar-refractivity contribution is 5.94. The van der Waals surface area contributed by atoms with Gasteiger partial charge in [-0.15, -0.1) is 0 Å². The number of nitro benzene ring substituents is 1. The van der Waals surface area contributed by atoms with E-state index in [9.17, 15) is 14.9 Å². The van der Waals surface area contributed by atoms with Crippen LogP contribution < -0.4 is 4.90 Å². The lowest BCUT2D eigenvalue weighted by Crippen LogP contribution is -3.13. The molecule has 2 aromatic carbocycles. The molecule has 0 unspecified atom stereocenters. The van der Waals surface area contributed by atoms with Gasteiger partial charge in [-0.25, -0.2) is 0 Å². The predicted octanol–water partition coefficient (Wildman–Crippen LogP) is 1.44. The molecule has 25 heavy (non-hydrogen) atoms. The highest BCUT2D eigenvalue weighted by Gasteiger charge is 2.25. The van der Waals surface area contributed by atoms with Crippen molar-refractivity contribution in [2.45, 2.75) is 13.5 Å². The summed E-state index contributed by atoms with van der Waals surface area (Å²) in [6, 6.07) is 14.2. The van der Waals surface area contributed by atoms with Gasteiger partial charge in [0.15, 0.2) is 0 Å². The highest BCUT2D eigenvalue weighted by atomic mass is 16.6. The van der Waals surface area contributed by atoms with Gasteiger partial charge in [0, 0.05) is 23.3 Å². The van der Waals surface area contributed by atoms with Crippen LogP contribution in [-0.4, -0.2) is 41.9 Å². The van der Waals surface area contributed by atoms with Gasteiger partial charge in [-0.1, -0.05) is 24.3 Å². The van der Waals surface area contributed by atoms with E-state index in [2.05, 4.69) is 31.2 Å². The lowest BCUT2D eigenvalue weighted by molar-refractivity contribution is -0.917. The van der Waals surface area contributed by atoms with Crippen molar-refractivity contribution in [3.63, 3.8) is 0 Å². The van der Waals surface area contributed by atoms with Gasteiger partial charge in [0.25, 0.3) is 11.6 Å². The molecule has 3 rings (SSSR count). The van der Waals surface area contributed by atoms with Crippen molar-refractivity contribution in [3.8, 4) is 0 Å². The number of non-ortho nitro benzene ring substituents is 1. The fourth-order valence-corrected chi connectivity index (χ4v) is 3.19. The van der Waals surface area contributed by atoms with Gasteiger partial charge in [0.05, 0.1) is 31.1 Å². The van der Waals surface area contributed by atoms with E-state index < -0.39 is 4.92 Å². The molecule has 0 spiro atoms. The zero-order valence-corrected chi connectivity index (χ0v) is 14.3. The van der Waals surface area contributed by atoms with Gasteiger partial charge in [0.1, 0.15) is 6.54 Å². The largest absolute Gasteiger partial charge is 0.328 e. The first-order chi connectivity index (χ1) is 12.0. The number of hydrogen-bond acceptors (Lipinski definition) is 3. The summed E-state index contributed by atoms with van der Waals surface area (Å²) in [7, 11) is 0. The number of nitrogens with zero attached hydrogens (tertiary/aromatic N) is 2. The Hall–Kier alpha value is -2.73. The van der Waals surface area contributed by atoms with Crippen molar-refractivity contribution < 1.29 is 14.6 Å². The summed E-state index contributed by atoms with van der Waals surface area (Å²) >= 11 is 0. The number of piperazine rings is 1. The molecule has 1 fully saturated rings. The summed E-state index contributed by atoms with van der Waals surface area (Å²) in [6.45, 7) is 6.34. The van der Waals surface area contributed by atoms with Crippen LogP contribution in [0.2, 0.25) is 0 Å². The molecule has 130 valence electrons. The number of benzene rings is 2. The molecule has 2 aromatic rings. The molecular formula is C19H22N3O3+. The third kappa shape index (κ3) is 4.03. The van der Waals surface area contributed by atoms with Crippen LogP contribution >= 0.6 is 0 Å². The number of quaternary nitrogens is 1. The monoisotopic (exact) mass is 340 g/mol. The van der Waals surface area contributed by atoms with E-state index in [1.807, 2.05) is 4.90 Å². The number of hydrogen-bond donors (Lipinski definition) is 1. The van der Waals surface area contributed by atoms with Crippen LogP contribution in [0.1, 0.15) is 21.5 Å². The zero-order chi connectivity index (χ0) is 17.8. The molecule has 1 aliphatic rings. The molecule has 1 N–H and O–H groups in total. The predicted molar refractivity (Wildman–Crippen MR) is 94.6 cm³/mol. The van der Waals surface area contributed by atoms with Crippen LogP contribution in [-0.2, 0) is 6.54 Å². The van der Waals surface area contributed by atoms with Crippen molar-refractivity contribution in [2.24, 2.45) is 0 Å². The molecule has 1 heterocycles. The molecule has 0 aromatic heterocycles. The lowest BCUT2D eigenvalue weighted by Gasteiger charge is -2.32. The summed E-state index contributed by atoms with van der Waals surface area (Å²) in [5.74, 6) is -0.0511. The second-order valence-corrected chi connectivity index (χ2v) is 6.45. The molecule has 1 aliphatic heterocycles. The highest BCUT2D eigenvalue weighted by Crippen LogP contribution is 2.13. The average Bonchev–Trinajstić information content (AvgIpc) is 2.64. The second kappa shape index (κ2) is 7.44. The molecule has 1 saturated heterocycles. The third-order valence-electron chi connectivity index (χ3n) is 4.78. The van der Waals surface area contributed by atoms with Crippen molar-refractivity contribution >= 4 is 11.6 Å². The van der Waals surface area contributed by atoms with Gasteiger partial charge in [-0.05, 0) is 24.6 Å². The Morgan fingerprint density at radius 2 is 1.76 bits per heavy atom. The molecule has 6 heteroatoms. The van der Waals surface area contributed by atoms with E-state index in [-0.39, 0.29) is 11.6 Å². The van der Waals surface area contributed by atoms with Crippen LogP contribution in [0.3, 0.4) is 0 Å². The Morgan fingerprint density at radius 1 is 1.12 bits per heavy atom. The first kappa shape index (κ1) is 17.1. The maximum absolute atomic E-state index is 12.5. The minimum Gasteiger partial charge on any atom is -0.328 e. The van der Waals surface area contributed by atoms with Crippen LogP contribution in [0.5, 0.6) is 0 Å². The SMILES string of the molecule is Cc1ccccc1C[NH+]1CCN(C(=O)c2ccc([N+](=O)[O-])cc2)CC1. The number of carbonyl (C=O) groups is 1. The summed E-state index contributed by atoms with van der Waals surface area (Å²) < 4.78 is 0. The van der Waals surface area contributed by atoms with E-state index in [0.717, 1.165) is 19.6 Å². The number of carbonyl (C=O) groups excluding carboxylic acids is 1. The van der Waals surface area contributed by atoms with Gasteiger partial charge >= 0.3 is 0 Å². The van der Waals surface area contributed by atoms with Gasteiger partial charge in [0.2, 0.25) is 0 Å². The van der Waals surface area contributed by atoms with E-state index in [4.69, 9.17) is 0 Å². The molecule has 1 amide bonds. The van der Waals surface area contributed by atoms with Gasteiger partial charge < -0.3 is 9.80 Å². The number of nitro groups is 1. The minimum atomic E-state index is -0.456. The zero-order valence-electron chi connectivity index (χ0n) is 14.3. The Balaban J connectivity index is 1.57. The summed E-state index contributed by atoms with van der Waals surface area (Å²) in [5.41, 5.74) is 3.17. The van der Waals surface area contributed by atoms with E-state index in [1.54, 1.807) is 0 Å². The van der Waals surface area contributed by atoms with Gasteiger partial charge in [-0.3, -0.25) is 14.9 Å². The first-order valence-electron chi connectivity index (χ1n) is 8.46. The molecule has 0 aliphatic carbocycles. The molecule has 0 atom stereocenters. The summed E-state index contributed by atoms with van der Waals surface area (Å²) in [5, 5.41) is 10.7. The average molecular weight is 340 g/mol. The standard InChI is InChI=1S/C19H21N3O3/c1-15-4-2-3-5-17(15)14-20-10-12-21(13-11-20)19(23)16-6-8-18(9-7-16)22(24)25/h2-9H,10-14H2,1H3/p+1. The quantitative estimate of drug-likeness (QED) is 0.676. The maximum atomic E-state index is 12.5. The topological polar surface area (TPSA) is 67.9 Å². The Kier molecular flexibility index (Phi) is 5.09. The maximum Gasteiger partial charge on any atom is 0.269 e. The third-order valence-corrected chi connectivity index (χ3v) is 4.78. The van der Waals surface area contributed by atoms with Crippen molar-refractivity contribution in [1.29, 1.82) is 0 Å². The Labute approximate surface area is 146 Å². The Bertz CT molecular complexity index is 766. The van der Waals surface area contributed by atoms with Crippen LogP contribution in [0, 0.1) is 17.0 Å². The fourth-order valence-electron chi connectivity index (χ4n) is 3.19. The molecule has 0 saturated carbocycles. The molecular weight excluding hydrogens is 318 g/mol. The fraction of sp³-hybridized carbons (Fsp3) is 0.316. The van der Waals surface area contributed by atoms with E-state index >= 15 is 0 Å². The second-order valence-electron chi connectivity index (χ2n) is 6.45. The number of nitrogens with one attached hydrogen (secondary N) is 1. The van der Waals surface area contributed by atoms with Crippen molar-refractivity contribution in [3.05, 3.63) is 75.3 Å². The normalized spacial score (nSPS) is 15.2. The van der Waals surface area contributed by atoms with E-state index in [0.29, 0.717) is 18.7 Å². The number of rotatable bonds is 4. The molecule has 0 radical (unpaired) electrons. The smallest absolute Gasteiger partial charge is 0.269 e. The lowest BCUT2D eigenvalue weighted by atomic mass is 10.1. The van der Waals surface area contributed by atoms with Crippen molar-refractivity contribution in [1.82, 2.24) is 4.90 Å². The summed E-state index contributed by atoms with van der Waals surface area (Å²) in [6.07, 6.45) is 0. The number of amides is 1. The first-order valence-corrected chi connectivity index (χ1v) is 8.46. The van der Waals surface area contributed by atoms with Crippen LogP contribution in [0.25, 0.3) is 0 Å². The molecule has 6 nitrogen and oxygen atoms in total. The van der Waals surface area contributed by atoms with Crippen LogP contribution in [0.15, 0.2) is 48.5 Å². The number of aryl methyl sites for hydroxylation is 1. The van der Waals surface area contributed by atoms with Crippen LogP contribution in [0.4, 0.5) is 5.69 Å².